The van der Waals surface area contributed by atoms with E-state index in [0.29, 0.717) is 6.10 Å². The molecule has 15 heavy (non-hydrogen) atoms. The monoisotopic (exact) mass is 267 g/mol. The zero-order valence-electron chi connectivity index (χ0n) is 8.55. The molecule has 0 radical (unpaired) electrons. The first-order chi connectivity index (χ1) is 7.34. The predicted molar refractivity (Wildman–Crippen MR) is 63.5 cm³/mol. The molecule has 1 fully saturated rings. The van der Waals surface area contributed by atoms with E-state index in [0.717, 1.165) is 18.8 Å². The Balaban J connectivity index is 1.90. The summed E-state index contributed by atoms with van der Waals surface area (Å²) in [5.74, 6) is 1.11. The van der Waals surface area contributed by atoms with Gasteiger partial charge < -0.3 is 10.1 Å². The molecule has 2 aliphatic rings. The van der Waals surface area contributed by atoms with E-state index in [9.17, 15) is 0 Å². The maximum atomic E-state index is 5.96. The van der Waals surface area contributed by atoms with E-state index in [2.05, 4.69) is 33.4 Å². The number of fused-ring (bicyclic) bond motifs is 1. The lowest BCUT2D eigenvalue weighted by Crippen LogP contribution is -2.50. The van der Waals surface area contributed by atoms with Crippen LogP contribution in [0.4, 0.5) is 0 Å². The molecule has 0 spiro atoms. The Kier molecular flexibility index (Phi) is 2.45. The molecule has 80 valence electrons. The molecule has 0 amide bonds. The quantitative estimate of drug-likeness (QED) is 0.888. The maximum absolute atomic E-state index is 5.96. The lowest BCUT2D eigenvalue weighted by Gasteiger charge is -2.28. The highest BCUT2D eigenvalue weighted by molar-refractivity contribution is 9.10. The Morgan fingerprint density at radius 2 is 2.00 bits per heavy atom. The molecular weight excluding hydrogens is 254 g/mol. The minimum Gasteiger partial charge on any atom is -0.487 e. The van der Waals surface area contributed by atoms with Gasteiger partial charge >= 0.3 is 0 Å². The minimum atomic E-state index is 0.385. The van der Waals surface area contributed by atoms with E-state index >= 15 is 0 Å². The largest absolute Gasteiger partial charge is 0.487 e. The summed E-state index contributed by atoms with van der Waals surface area (Å²) >= 11 is 3.61. The molecule has 0 unspecified atom stereocenters. The van der Waals surface area contributed by atoms with Gasteiger partial charge in [0, 0.05) is 17.6 Å². The second-order valence-electron chi connectivity index (χ2n) is 4.25. The number of ether oxygens (including phenoxy) is 1. The summed E-state index contributed by atoms with van der Waals surface area (Å²) in [6.07, 6.45) is 4.01. The average molecular weight is 268 g/mol. The molecule has 3 rings (SSSR count). The highest BCUT2D eigenvalue weighted by atomic mass is 79.9. The molecule has 0 aromatic heterocycles. The molecule has 1 aliphatic carbocycles. The fourth-order valence-electron chi connectivity index (χ4n) is 2.26. The molecule has 1 aromatic carbocycles. The highest BCUT2D eigenvalue weighted by Crippen LogP contribution is 2.36. The number of rotatable bonds is 2. The zero-order valence-corrected chi connectivity index (χ0v) is 10.1. The van der Waals surface area contributed by atoms with E-state index < -0.39 is 0 Å². The van der Waals surface area contributed by atoms with Gasteiger partial charge in [-0.25, -0.2) is 0 Å². The van der Waals surface area contributed by atoms with Crippen LogP contribution >= 0.6 is 15.9 Å². The van der Waals surface area contributed by atoms with Crippen molar-refractivity contribution in [1.82, 2.24) is 5.32 Å². The van der Waals surface area contributed by atoms with E-state index in [4.69, 9.17) is 4.74 Å². The Hall–Kier alpha value is -0.540. The highest BCUT2D eigenvalue weighted by Gasteiger charge is 2.23. The lowest BCUT2D eigenvalue weighted by atomic mass is 10.1. The smallest absolute Gasteiger partial charge is 0.123 e. The fourth-order valence-corrected chi connectivity index (χ4v) is 2.83. The Labute approximate surface area is 98.1 Å². The SMILES string of the molecule is Brc1ccc(OC2CNC2)c2c1CCC2. The molecule has 1 aromatic rings. The van der Waals surface area contributed by atoms with Gasteiger partial charge in [-0.3, -0.25) is 0 Å². The molecular formula is C12H14BrNO. The summed E-state index contributed by atoms with van der Waals surface area (Å²) in [6.45, 7) is 1.98. The van der Waals surface area contributed by atoms with Gasteiger partial charge in [-0.05, 0) is 42.5 Å². The van der Waals surface area contributed by atoms with Crippen LogP contribution in [0.3, 0.4) is 0 Å². The normalized spacial score (nSPS) is 19.8. The Bertz CT molecular complexity index is 387. The maximum Gasteiger partial charge on any atom is 0.123 e. The van der Waals surface area contributed by atoms with Crippen molar-refractivity contribution >= 4 is 15.9 Å². The first kappa shape index (κ1) is 9.67. The van der Waals surface area contributed by atoms with E-state index in [1.165, 1.54) is 34.9 Å². The van der Waals surface area contributed by atoms with E-state index in [1.807, 2.05) is 0 Å². The molecule has 0 bridgehead atoms. The third-order valence-corrected chi connectivity index (χ3v) is 3.97. The number of hydrogen-bond donors (Lipinski definition) is 1. The van der Waals surface area contributed by atoms with Crippen LogP contribution in [0.1, 0.15) is 17.5 Å². The summed E-state index contributed by atoms with van der Waals surface area (Å²) < 4.78 is 7.21. The van der Waals surface area contributed by atoms with E-state index in [-0.39, 0.29) is 0 Å². The molecule has 1 N–H and O–H groups in total. The van der Waals surface area contributed by atoms with Crippen molar-refractivity contribution in [1.29, 1.82) is 0 Å². The third kappa shape index (κ3) is 1.68. The molecule has 1 saturated heterocycles. The van der Waals surface area contributed by atoms with Gasteiger partial charge in [0.05, 0.1) is 0 Å². The average Bonchev–Trinajstić information content (AvgIpc) is 2.63. The second kappa shape index (κ2) is 3.80. The van der Waals surface area contributed by atoms with Crippen LogP contribution in [-0.2, 0) is 12.8 Å². The number of benzene rings is 1. The van der Waals surface area contributed by atoms with Crippen molar-refractivity contribution in [2.75, 3.05) is 13.1 Å². The van der Waals surface area contributed by atoms with Crippen LogP contribution in [0.5, 0.6) is 5.75 Å². The van der Waals surface area contributed by atoms with Gasteiger partial charge in [-0.15, -0.1) is 0 Å². The van der Waals surface area contributed by atoms with Gasteiger partial charge in [0.1, 0.15) is 11.9 Å². The van der Waals surface area contributed by atoms with Gasteiger partial charge in [-0.1, -0.05) is 15.9 Å². The van der Waals surface area contributed by atoms with Gasteiger partial charge in [0.25, 0.3) is 0 Å². The van der Waals surface area contributed by atoms with Crippen LogP contribution < -0.4 is 10.1 Å². The van der Waals surface area contributed by atoms with Crippen molar-refractivity contribution < 1.29 is 4.74 Å². The van der Waals surface area contributed by atoms with Gasteiger partial charge in [-0.2, -0.15) is 0 Å². The number of halogens is 1. The van der Waals surface area contributed by atoms with Gasteiger partial charge in [0.15, 0.2) is 0 Å². The molecule has 1 heterocycles. The summed E-state index contributed by atoms with van der Waals surface area (Å²) in [7, 11) is 0. The second-order valence-corrected chi connectivity index (χ2v) is 5.11. The zero-order chi connectivity index (χ0) is 10.3. The topological polar surface area (TPSA) is 21.3 Å². The van der Waals surface area contributed by atoms with Crippen LogP contribution in [0, 0.1) is 0 Å². The number of hydrogen-bond acceptors (Lipinski definition) is 2. The van der Waals surface area contributed by atoms with E-state index in [1.54, 1.807) is 0 Å². The molecule has 0 saturated carbocycles. The lowest BCUT2D eigenvalue weighted by molar-refractivity contribution is 0.141. The third-order valence-electron chi connectivity index (χ3n) is 3.22. The van der Waals surface area contributed by atoms with Crippen LogP contribution in [0.2, 0.25) is 0 Å². The first-order valence-corrected chi connectivity index (χ1v) is 6.31. The first-order valence-electron chi connectivity index (χ1n) is 5.52. The van der Waals surface area contributed by atoms with Crippen molar-refractivity contribution in [2.45, 2.75) is 25.4 Å². The van der Waals surface area contributed by atoms with Crippen molar-refractivity contribution in [3.05, 3.63) is 27.7 Å². The fraction of sp³-hybridized carbons (Fsp3) is 0.500. The predicted octanol–water partition coefficient (Wildman–Crippen LogP) is 2.29. The number of nitrogens with one attached hydrogen (secondary N) is 1. The Morgan fingerprint density at radius 1 is 1.20 bits per heavy atom. The summed E-state index contributed by atoms with van der Waals surface area (Å²) in [4.78, 5) is 0. The molecule has 0 atom stereocenters. The summed E-state index contributed by atoms with van der Waals surface area (Å²) in [6, 6.07) is 4.22. The molecule has 1 aliphatic heterocycles. The van der Waals surface area contributed by atoms with Crippen LogP contribution in [-0.4, -0.2) is 19.2 Å². The molecule has 3 heteroatoms. The standard InChI is InChI=1S/C12H14BrNO/c13-11-4-5-12(15-8-6-14-7-8)10-3-1-2-9(10)11/h4-5,8,14H,1-3,6-7H2. The van der Waals surface area contributed by atoms with Crippen molar-refractivity contribution in [2.24, 2.45) is 0 Å². The van der Waals surface area contributed by atoms with Crippen LogP contribution in [0.15, 0.2) is 16.6 Å². The summed E-state index contributed by atoms with van der Waals surface area (Å²) in [5, 5.41) is 3.23. The molecule has 2 nitrogen and oxygen atoms in total. The Morgan fingerprint density at radius 3 is 2.73 bits per heavy atom. The minimum absolute atomic E-state index is 0.385. The van der Waals surface area contributed by atoms with Crippen LogP contribution in [0.25, 0.3) is 0 Å². The summed E-state index contributed by atoms with van der Waals surface area (Å²) in [5.41, 5.74) is 2.89. The van der Waals surface area contributed by atoms with Crippen molar-refractivity contribution in [3.63, 3.8) is 0 Å². The van der Waals surface area contributed by atoms with Gasteiger partial charge in [0.2, 0.25) is 0 Å². The van der Waals surface area contributed by atoms with Crippen molar-refractivity contribution in [3.8, 4) is 5.75 Å².